The Balaban J connectivity index is 2.14. The molecule has 1 N–H and O–H groups in total. The zero-order chi connectivity index (χ0) is 19.8. The van der Waals surface area contributed by atoms with E-state index < -0.39 is 10.8 Å². The highest BCUT2D eigenvalue weighted by Gasteiger charge is 2.11. The van der Waals surface area contributed by atoms with Crippen LogP contribution in [0.1, 0.15) is 19.4 Å². The molecule has 0 heterocycles. The number of nitro benzene ring substituents is 1. The van der Waals surface area contributed by atoms with Gasteiger partial charge < -0.3 is 10.2 Å². The van der Waals surface area contributed by atoms with Crippen LogP contribution in [0.2, 0.25) is 0 Å². The Morgan fingerprint density at radius 2 is 1.74 bits per heavy atom. The first-order valence-corrected chi connectivity index (χ1v) is 8.51. The SMILES string of the molecule is CCN(CC)c1ccc(/C=C(/C#N)C(=O)Nc2ccc([N+](=O)[O-])cc2)cc1. The molecule has 138 valence electrons. The molecule has 7 heteroatoms. The molecule has 27 heavy (non-hydrogen) atoms. The smallest absolute Gasteiger partial charge is 0.269 e. The lowest BCUT2D eigenvalue weighted by atomic mass is 10.1. The van der Waals surface area contributed by atoms with Crippen LogP contribution in [0.4, 0.5) is 17.1 Å². The average Bonchev–Trinajstić information content (AvgIpc) is 2.68. The predicted octanol–water partition coefficient (Wildman–Crippen LogP) is 3.99. The summed E-state index contributed by atoms with van der Waals surface area (Å²) in [6, 6.07) is 14.9. The van der Waals surface area contributed by atoms with Crippen LogP contribution in [0, 0.1) is 21.4 Å². The Bertz CT molecular complexity index is 877. The van der Waals surface area contributed by atoms with Crippen LogP contribution in [0.3, 0.4) is 0 Å². The fourth-order valence-electron chi connectivity index (χ4n) is 2.55. The van der Waals surface area contributed by atoms with Gasteiger partial charge in [0.15, 0.2) is 0 Å². The number of nitrogens with zero attached hydrogens (tertiary/aromatic N) is 3. The molecule has 0 unspecified atom stereocenters. The summed E-state index contributed by atoms with van der Waals surface area (Å²) in [5.74, 6) is -0.570. The van der Waals surface area contributed by atoms with Crippen molar-refractivity contribution < 1.29 is 9.72 Å². The molecular weight excluding hydrogens is 344 g/mol. The number of nitro groups is 1. The molecule has 0 aliphatic rings. The van der Waals surface area contributed by atoms with Crippen molar-refractivity contribution in [1.82, 2.24) is 0 Å². The highest BCUT2D eigenvalue weighted by atomic mass is 16.6. The number of nitrogens with one attached hydrogen (secondary N) is 1. The number of rotatable bonds is 7. The van der Waals surface area contributed by atoms with Crippen LogP contribution in [0.15, 0.2) is 54.1 Å². The van der Waals surface area contributed by atoms with Crippen molar-refractivity contribution in [3.8, 4) is 6.07 Å². The third-order valence-corrected chi connectivity index (χ3v) is 4.03. The number of hydrogen-bond donors (Lipinski definition) is 1. The van der Waals surface area contributed by atoms with E-state index in [1.54, 1.807) is 0 Å². The molecular formula is C20H20N4O3. The van der Waals surface area contributed by atoms with Crippen molar-refractivity contribution >= 4 is 29.0 Å². The number of carbonyl (C=O) groups excluding carboxylic acids is 1. The number of amides is 1. The molecule has 2 rings (SSSR count). The van der Waals surface area contributed by atoms with Gasteiger partial charge in [-0.25, -0.2) is 0 Å². The van der Waals surface area contributed by atoms with E-state index in [-0.39, 0.29) is 11.3 Å². The molecule has 7 nitrogen and oxygen atoms in total. The number of non-ortho nitro benzene ring substituents is 1. The Morgan fingerprint density at radius 3 is 2.22 bits per heavy atom. The number of carbonyl (C=O) groups is 1. The summed E-state index contributed by atoms with van der Waals surface area (Å²) in [7, 11) is 0. The fraction of sp³-hybridized carbons (Fsp3) is 0.200. The lowest BCUT2D eigenvalue weighted by Crippen LogP contribution is -2.21. The summed E-state index contributed by atoms with van der Waals surface area (Å²) in [6.07, 6.45) is 1.51. The highest BCUT2D eigenvalue weighted by Crippen LogP contribution is 2.18. The molecule has 2 aromatic carbocycles. The second-order valence-electron chi connectivity index (χ2n) is 5.69. The minimum Gasteiger partial charge on any atom is -0.372 e. The molecule has 0 spiro atoms. The van der Waals surface area contributed by atoms with E-state index in [1.165, 1.54) is 30.3 Å². The standard InChI is InChI=1S/C20H20N4O3/c1-3-23(4-2)18-9-5-15(6-10-18)13-16(14-21)20(25)22-17-7-11-19(12-8-17)24(26)27/h5-13H,3-4H2,1-2H3,(H,22,25)/b16-13-. The number of anilines is 2. The maximum Gasteiger partial charge on any atom is 0.269 e. The van der Waals surface area contributed by atoms with Crippen LogP contribution >= 0.6 is 0 Å². The predicted molar refractivity (Wildman–Crippen MR) is 105 cm³/mol. The van der Waals surface area contributed by atoms with Crippen molar-refractivity contribution in [3.63, 3.8) is 0 Å². The summed E-state index contributed by atoms with van der Waals surface area (Å²) in [5.41, 5.74) is 2.07. The monoisotopic (exact) mass is 364 g/mol. The van der Waals surface area contributed by atoms with E-state index in [9.17, 15) is 20.2 Å². The number of benzene rings is 2. The summed E-state index contributed by atoms with van der Waals surface area (Å²) in [4.78, 5) is 24.6. The van der Waals surface area contributed by atoms with Crippen LogP contribution in [0.25, 0.3) is 6.08 Å². The Hall–Kier alpha value is -3.66. The quantitative estimate of drug-likeness (QED) is 0.347. The topological polar surface area (TPSA) is 99.3 Å². The maximum atomic E-state index is 12.3. The van der Waals surface area contributed by atoms with E-state index in [0.717, 1.165) is 24.3 Å². The third kappa shape index (κ3) is 5.16. The van der Waals surface area contributed by atoms with Gasteiger partial charge in [0.1, 0.15) is 11.6 Å². The van der Waals surface area contributed by atoms with Crippen LogP contribution in [0.5, 0.6) is 0 Å². The Morgan fingerprint density at radius 1 is 1.15 bits per heavy atom. The first kappa shape index (κ1) is 19.7. The summed E-state index contributed by atoms with van der Waals surface area (Å²) in [5, 5.41) is 22.5. The van der Waals surface area contributed by atoms with E-state index >= 15 is 0 Å². The van der Waals surface area contributed by atoms with Gasteiger partial charge in [0, 0.05) is 36.6 Å². The number of hydrogen-bond acceptors (Lipinski definition) is 5. The highest BCUT2D eigenvalue weighted by molar-refractivity contribution is 6.09. The van der Waals surface area contributed by atoms with Gasteiger partial charge >= 0.3 is 0 Å². The minimum atomic E-state index is -0.570. The molecule has 0 bridgehead atoms. The van der Waals surface area contributed by atoms with Crippen molar-refractivity contribution in [2.24, 2.45) is 0 Å². The van der Waals surface area contributed by atoms with Gasteiger partial charge in [0.25, 0.3) is 11.6 Å². The van der Waals surface area contributed by atoms with Gasteiger partial charge in [0.05, 0.1) is 4.92 Å². The van der Waals surface area contributed by atoms with E-state index in [0.29, 0.717) is 5.69 Å². The van der Waals surface area contributed by atoms with Gasteiger partial charge in [-0.2, -0.15) is 5.26 Å². The molecule has 0 saturated heterocycles. The zero-order valence-electron chi connectivity index (χ0n) is 15.2. The van der Waals surface area contributed by atoms with Crippen molar-refractivity contribution in [2.75, 3.05) is 23.3 Å². The molecule has 0 aliphatic carbocycles. The minimum absolute atomic E-state index is 0.0519. The second-order valence-corrected chi connectivity index (χ2v) is 5.69. The lowest BCUT2D eigenvalue weighted by molar-refractivity contribution is -0.384. The van der Waals surface area contributed by atoms with E-state index in [1.807, 2.05) is 30.3 Å². The molecule has 0 aromatic heterocycles. The molecule has 0 atom stereocenters. The van der Waals surface area contributed by atoms with Crippen LogP contribution in [-0.4, -0.2) is 23.9 Å². The third-order valence-electron chi connectivity index (χ3n) is 4.03. The van der Waals surface area contributed by atoms with Crippen LogP contribution in [-0.2, 0) is 4.79 Å². The second kappa shape index (κ2) is 9.15. The normalized spacial score (nSPS) is 10.8. The fourth-order valence-corrected chi connectivity index (χ4v) is 2.55. The first-order valence-electron chi connectivity index (χ1n) is 8.51. The summed E-state index contributed by atoms with van der Waals surface area (Å²) < 4.78 is 0. The van der Waals surface area contributed by atoms with Gasteiger partial charge in [-0.15, -0.1) is 0 Å². The lowest BCUT2D eigenvalue weighted by Gasteiger charge is -2.20. The van der Waals surface area contributed by atoms with Crippen molar-refractivity contribution in [1.29, 1.82) is 5.26 Å². The molecule has 0 fully saturated rings. The van der Waals surface area contributed by atoms with E-state index in [2.05, 4.69) is 24.1 Å². The molecule has 0 saturated carbocycles. The zero-order valence-corrected chi connectivity index (χ0v) is 15.2. The average molecular weight is 364 g/mol. The van der Waals surface area contributed by atoms with Crippen LogP contribution < -0.4 is 10.2 Å². The van der Waals surface area contributed by atoms with Gasteiger partial charge in [-0.3, -0.25) is 14.9 Å². The van der Waals surface area contributed by atoms with Crippen molar-refractivity contribution in [2.45, 2.75) is 13.8 Å². The largest absolute Gasteiger partial charge is 0.372 e. The van der Waals surface area contributed by atoms with Gasteiger partial charge in [-0.1, -0.05) is 12.1 Å². The Kier molecular flexibility index (Phi) is 6.67. The summed E-state index contributed by atoms with van der Waals surface area (Å²) in [6.45, 7) is 5.95. The maximum absolute atomic E-state index is 12.3. The molecule has 0 radical (unpaired) electrons. The first-order chi connectivity index (χ1) is 13.0. The number of nitriles is 1. The van der Waals surface area contributed by atoms with Crippen molar-refractivity contribution in [3.05, 3.63) is 69.8 Å². The van der Waals surface area contributed by atoms with E-state index in [4.69, 9.17) is 0 Å². The van der Waals surface area contributed by atoms with Gasteiger partial charge in [0.2, 0.25) is 0 Å². The molecule has 0 aliphatic heterocycles. The molecule has 2 aromatic rings. The van der Waals surface area contributed by atoms with Gasteiger partial charge in [-0.05, 0) is 49.8 Å². The summed E-state index contributed by atoms with van der Waals surface area (Å²) >= 11 is 0. The Labute approximate surface area is 157 Å². The molecule has 1 amide bonds.